The second-order valence-corrected chi connectivity index (χ2v) is 5.65. The van der Waals surface area contributed by atoms with Gasteiger partial charge in [0.15, 0.2) is 0 Å². The highest BCUT2D eigenvalue weighted by atomic mass is 16.4. The number of hydrogen-bond acceptors (Lipinski definition) is 2. The molecule has 1 aromatic carbocycles. The summed E-state index contributed by atoms with van der Waals surface area (Å²) in [5.41, 5.74) is 1.49. The van der Waals surface area contributed by atoms with Gasteiger partial charge in [-0.1, -0.05) is 51.1 Å². The Morgan fingerprint density at radius 1 is 0.952 bits per heavy atom. The zero-order valence-corrected chi connectivity index (χ0v) is 14.1. The number of quaternary nitrogens is 1. The van der Waals surface area contributed by atoms with Crippen molar-refractivity contribution in [1.29, 1.82) is 0 Å². The van der Waals surface area contributed by atoms with Crippen molar-refractivity contribution in [2.24, 2.45) is 0 Å². The van der Waals surface area contributed by atoms with Gasteiger partial charge in [0.05, 0.1) is 19.6 Å². The van der Waals surface area contributed by atoms with Crippen LogP contribution in [-0.2, 0) is 11.3 Å². The maximum Gasteiger partial charge on any atom is 0.104 e. The van der Waals surface area contributed by atoms with Gasteiger partial charge in [-0.25, -0.2) is 0 Å². The molecule has 21 heavy (non-hydrogen) atoms. The predicted octanol–water partition coefficient (Wildman–Crippen LogP) is 2.99. The van der Waals surface area contributed by atoms with Crippen LogP contribution in [0, 0.1) is 0 Å². The van der Waals surface area contributed by atoms with Crippen LogP contribution in [0.1, 0.15) is 52.5 Å². The van der Waals surface area contributed by atoms with E-state index in [2.05, 4.69) is 51.1 Å². The maximum absolute atomic E-state index is 8.89. The third-order valence-electron chi connectivity index (χ3n) is 3.45. The summed E-state index contributed by atoms with van der Waals surface area (Å²) in [6, 6.07) is 11.0. The standard InChI is InChI=1S/C16H28N.C2H4O2/c1-4-12-17(13-5-2,14-6-3)15-16-10-8-7-9-11-16;1-2(3)4/h7-11H,4-6,12-15H2,1-3H3;1H3,(H,3,4)/q+1;/p-1. The average Bonchev–Trinajstić information content (AvgIpc) is 2.40. The molecule has 0 saturated carbocycles. The lowest BCUT2D eigenvalue weighted by atomic mass is 10.1. The average molecular weight is 293 g/mol. The fourth-order valence-electron chi connectivity index (χ4n) is 2.97. The van der Waals surface area contributed by atoms with E-state index in [0.29, 0.717) is 0 Å². The van der Waals surface area contributed by atoms with Crippen molar-refractivity contribution in [3.63, 3.8) is 0 Å². The zero-order chi connectivity index (χ0) is 16.1. The molecule has 0 aliphatic rings. The van der Waals surface area contributed by atoms with Crippen LogP contribution >= 0.6 is 0 Å². The van der Waals surface area contributed by atoms with Crippen LogP contribution in [0.2, 0.25) is 0 Å². The van der Waals surface area contributed by atoms with E-state index < -0.39 is 5.97 Å². The third-order valence-corrected chi connectivity index (χ3v) is 3.45. The van der Waals surface area contributed by atoms with E-state index in [9.17, 15) is 0 Å². The number of aliphatic carboxylic acids is 1. The molecule has 0 saturated heterocycles. The molecule has 0 bridgehead atoms. The lowest BCUT2D eigenvalue weighted by Crippen LogP contribution is -2.48. The largest absolute Gasteiger partial charge is 0.550 e. The van der Waals surface area contributed by atoms with E-state index in [0.717, 1.165) is 6.92 Å². The molecule has 0 radical (unpaired) electrons. The predicted molar refractivity (Wildman–Crippen MR) is 86.6 cm³/mol. The lowest BCUT2D eigenvalue weighted by molar-refractivity contribution is -0.941. The Labute approximate surface area is 130 Å². The van der Waals surface area contributed by atoms with Crippen LogP contribution in [0.3, 0.4) is 0 Å². The molecule has 0 heterocycles. The smallest absolute Gasteiger partial charge is 0.104 e. The number of carboxylic acid groups (broad SMARTS) is 1. The summed E-state index contributed by atoms with van der Waals surface area (Å²) in [6.07, 6.45) is 3.85. The number of hydrogen-bond donors (Lipinski definition) is 0. The summed E-state index contributed by atoms with van der Waals surface area (Å²) in [5.74, 6) is -1.08. The van der Waals surface area contributed by atoms with E-state index in [-0.39, 0.29) is 0 Å². The molecule has 0 aliphatic heterocycles. The van der Waals surface area contributed by atoms with Gasteiger partial charge < -0.3 is 14.4 Å². The Balaban J connectivity index is 0.000000885. The number of rotatable bonds is 8. The molecular formula is C18H31NO2. The Hall–Kier alpha value is -1.35. The fourth-order valence-corrected chi connectivity index (χ4v) is 2.97. The number of carbonyl (C=O) groups excluding carboxylic acids is 1. The summed E-state index contributed by atoms with van der Waals surface area (Å²) < 4.78 is 1.27. The van der Waals surface area contributed by atoms with E-state index in [1.807, 2.05) is 0 Å². The quantitative estimate of drug-likeness (QED) is 0.691. The van der Waals surface area contributed by atoms with Crippen molar-refractivity contribution < 1.29 is 14.4 Å². The van der Waals surface area contributed by atoms with Gasteiger partial charge in [-0.15, -0.1) is 0 Å². The first-order chi connectivity index (χ1) is 9.99. The van der Waals surface area contributed by atoms with Crippen molar-refractivity contribution >= 4 is 5.97 Å². The van der Waals surface area contributed by atoms with E-state index >= 15 is 0 Å². The van der Waals surface area contributed by atoms with Gasteiger partial charge in [0, 0.05) is 11.5 Å². The van der Waals surface area contributed by atoms with Gasteiger partial charge in [0.2, 0.25) is 0 Å². The normalized spacial score (nSPS) is 10.7. The SMILES string of the molecule is CC(=O)[O-].CCC[N+](CCC)(CCC)Cc1ccccc1. The van der Waals surface area contributed by atoms with Gasteiger partial charge >= 0.3 is 0 Å². The summed E-state index contributed by atoms with van der Waals surface area (Å²) in [6.45, 7) is 13.1. The van der Waals surface area contributed by atoms with E-state index in [1.165, 1.54) is 55.5 Å². The van der Waals surface area contributed by atoms with Crippen molar-refractivity contribution in [1.82, 2.24) is 0 Å². The molecule has 0 fully saturated rings. The van der Waals surface area contributed by atoms with Crippen molar-refractivity contribution in [3.8, 4) is 0 Å². The second kappa shape index (κ2) is 11.3. The highest BCUT2D eigenvalue weighted by Gasteiger charge is 2.24. The Bertz CT molecular complexity index is 355. The Morgan fingerprint density at radius 2 is 1.33 bits per heavy atom. The highest BCUT2D eigenvalue weighted by molar-refractivity contribution is 5.60. The summed E-state index contributed by atoms with van der Waals surface area (Å²) in [4.78, 5) is 8.89. The van der Waals surface area contributed by atoms with Crippen molar-refractivity contribution in [2.45, 2.75) is 53.5 Å². The topological polar surface area (TPSA) is 40.1 Å². The zero-order valence-electron chi connectivity index (χ0n) is 14.1. The molecular weight excluding hydrogens is 262 g/mol. The molecule has 3 nitrogen and oxygen atoms in total. The Kier molecular flexibility index (Phi) is 10.6. The van der Waals surface area contributed by atoms with Gasteiger partial charge in [-0.3, -0.25) is 0 Å². The molecule has 0 N–H and O–H groups in total. The van der Waals surface area contributed by atoms with Crippen LogP contribution in [0.15, 0.2) is 30.3 Å². The van der Waals surface area contributed by atoms with Crippen molar-refractivity contribution in [3.05, 3.63) is 35.9 Å². The molecule has 0 aromatic heterocycles. The van der Waals surface area contributed by atoms with Crippen LogP contribution in [-0.4, -0.2) is 30.1 Å². The van der Waals surface area contributed by atoms with Gasteiger partial charge in [-0.2, -0.15) is 0 Å². The minimum Gasteiger partial charge on any atom is -0.550 e. The highest BCUT2D eigenvalue weighted by Crippen LogP contribution is 2.17. The second-order valence-electron chi connectivity index (χ2n) is 5.65. The Morgan fingerprint density at radius 3 is 1.67 bits per heavy atom. The van der Waals surface area contributed by atoms with Gasteiger partial charge in [0.1, 0.15) is 6.54 Å². The molecule has 0 amide bonds. The van der Waals surface area contributed by atoms with Crippen LogP contribution in [0.4, 0.5) is 0 Å². The first-order valence-corrected chi connectivity index (χ1v) is 8.06. The molecule has 0 aliphatic carbocycles. The van der Waals surface area contributed by atoms with Gasteiger partial charge in [-0.05, 0) is 26.2 Å². The molecule has 0 unspecified atom stereocenters. The first kappa shape index (κ1) is 19.7. The number of carbonyl (C=O) groups is 1. The molecule has 1 rings (SSSR count). The number of benzene rings is 1. The van der Waals surface area contributed by atoms with Crippen LogP contribution in [0.25, 0.3) is 0 Å². The molecule has 3 heteroatoms. The molecule has 1 aromatic rings. The number of carboxylic acids is 1. The fraction of sp³-hybridized carbons (Fsp3) is 0.611. The molecule has 0 spiro atoms. The summed E-state index contributed by atoms with van der Waals surface area (Å²) in [7, 11) is 0. The third kappa shape index (κ3) is 9.24. The minimum atomic E-state index is -1.08. The maximum atomic E-state index is 8.89. The number of nitrogens with zero attached hydrogens (tertiary/aromatic N) is 1. The first-order valence-electron chi connectivity index (χ1n) is 8.06. The monoisotopic (exact) mass is 293 g/mol. The van der Waals surface area contributed by atoms with Crippen molar-refractivity contribution in [2.75, 3.05) is 19.6 Å². The van der Waals surface area contributed by atoms with E-state index in [4.69, 9.17) is 9.90 Å². The minimum absolute atomic E-state index is 0.972. The lowest BCUT2D eigenvalue weighted by Gasteiger charge is -2.38. The molecule has 120 valence electrons. The summed E-state index contributed by atoms with van der Waals surface area (Å²) >= 11 is 0. The summed E-state index contributed by atoms with van der Waals surface area (Å²) in [5, 5.41) is 8.89. The van der Waals surface area contributed by atoms with E-state index in [1.54, 1.807) is 0 Å². The molecule has 0 atom stereocenters. The van der Waals surface area contributed by atoms with Crippen LogP contribution < -0.4 is 5.11 Å². The van der Waals surface area contributed by atoms with Gasteiger partial charge in [0.25, 0.3) is 0 Å². The van der Waals surface area contributed by atoms with Crippen LogP contribution in [0.5, 0.6) is 0 Å².